The number of aryl methyl sites for hydroxylation is 4. The normalized spacial score (nSPS) is 11.7. The maximum absolute atomic E-state index is 4.80. The molecule has 0 aliphatic carbocycles. The van der Waals surface area contributed by atoms with Crippen LogP contribution in [0.1, 0.15) is 45.4 Å². The first-order chi connectivity index (χ1) is 13.1. The fourth-order valence-corrected chi connectivity index (χ4v) is 3.90. The Hall–Kier alpha value is -2.52. The molecule has 2 nitrogen and oxygen atoms in total. The first-order valence-corrected chi connectivity index (χ1v) is 10.2. The van der Waals surface area contributed by atoms with Crippen LogP contribution in [0.3, 0.4) is 0 Å². The van der Waals surface area contributed by atoms with E-state index >= 15 is 0 Å². The molecule has 3 rings (SSSR count). The largest absolute Gasteiger partial charge is 0.255 e. The molecule has 1 heterocycles. The third-order valence-electron chi connectivity index (χ3n) is 4.57. The molecule has 0 bridgehead atoms. The van der Waals surface area contributed by atoms with Crippen LogP contribution in [0.4, 0.5) is 11.4 Å². The maximum atomic E-state index is 4.80. The molecule has 0 atom stereocenters. The van der Waals surface area contributed by atoms with E-state index in [0.717, 1.165) is 34.0 Å². The zero-order valence-corrected chi connectivity index (χ0v) is 17.3. The fourth-order valence-electron chi connectivity index (χ4n) is 3.15. The predicted octanol–water partition coefficient (Wildman–Crippen LogP) is 7.13. The van der Waals surface area contributed by atoms with Crippen LogP contribution in [0.15, 0.2) is 58.5 Å². The Labute approximate surface area is 166 Å². The Balaban J connectivity index is 1.79. The summed E-state index contributed by atoms with van der Waals surface area (Å²) in [5.74, 6) is 0. The number of hydrogen-bond donors (Lipinski definition) is 0. The van der Waals surface area contributed by atoms with Gasteiger partial charge >= 0.3 is 0 Å². The van der Waals surface area contributed by atoms with Crippen LogP contribution in [0.25, 0.3) is 0 Å². The van der Waals surface area contributed by atoms with Crippen molar-refractivity contribution in [3.05, 3.63) is 80.5 Å². The highest BCUT2D eigenvalue weighted by molar-refractivity contribution is 7.15. The van der Waals surface area contributed by atoms with Gasteiger partial charge in [0.25, 0.3) is 0 Å². The summed E-state index contributed by atoms with van der Waals surface area (Å²) in [6, 6.07) is 16.9. The summed E-state index contributed by atoms with van der Waals surface area (Å²) in [6.07, 6.45) is 6.12. The van der Waals surface area contributed by atoms with Crippen molar-refractivity contribution >= 4 is 35.1 Å². The zero-order valence-electron chi connectivity index (χ0n) is 16.5. The molecule has 0 amide bonds. The highest BCUT2D eigenvalue weighted by Crippen LogP contribution is 2.26. The standard InChI is InChI=1S/C24H26N2S/c1-5-8-20-12-7-11-19(4)24(20)26-16-22-14-13-21(27-22)15-25-23-17(2)9-6-10-18(23)3/h6-7,9-16H,5,8H2,1-4H3. The summed E-state index contributed by atoms with van der Waals surface area (Å²) in [5, 5.41) is 0. The Morgan fingerprint density at radius 2 is 1.26 bits per heavy atom. The molecule has 0 fully saturated rings. The van der Waals surface area contributed by atoms with Gasteiger partial charge in [0, 0.05) is 22.2 Å². The minimum atomic E-state index is 1.06. The van der Waals surface area contributed by atoms with E-state index in [9.17, 15) is 0 Å². The molecule has 0 saturated carbocycles. The molecule has 0 unspecified atom stereocenters. The topological polar surface area (TPSA) is 24.7 Å². The summed E-state index contributed by atoms with van der Waals surface area (Å²) in [6.45, 7) is 8.53. The van der Waals surface area contributed by atoms with Gasteiger partial charge in [0.05, 0.1) is 11.4 Å². The van der Waals surface area contributed by atoms with E-state index in [1.54, 1.807) is 11.3 Å². The van der Waals surface area contributed by atoms with Gasteiger partial charge in [0.1, 0.15) is 0 Å². The van der Waals surface area contributed by atoms with Gasteiger partial charge in [-0.1, -0.05) is 49.7 Å². The zero-order chi connectivity index (χ0) is 19.2. The molecule has 0 spiro atoms. The average molecular weight is 375 g/mol. The Kier molecular flexibility index (Phi) is 6.36. The van der Waals surface area contributed by atoms with Gasteiger partial charge in [-0.3, -0.25) is 9.98 Å². The van der Waals surface area contributed by atoms with Crippen LogP contribution in [-0.2, 0) is 6.42 Å². The quantitative estimate of drug-likeness (QED) is 0.410. The van der Waals surface area contributed by atoms with Crippen molar-refractivity contribution in [3.8, 4) is 0 Å². The van der Waals surface area contributed by atoms with E-state index in [4.69, 9.17) is 9.98 Å². The molecule has 3 aromatic rings. The van der Waals surface area contributed by atoms with Crippen molar-refractivity contribution in [2.75, 3.05) is 0 Å². The van der Waals surface area contributed by atoms with Crippen molar-refractivity contribution < 1.29 is 0 Å². The van der Waals surface area contributed by atoms with Crippen molar-refractivity contribution in [1.29, 1.82) is 0 Å². The van der Waals surface area contributed by atoms with Crippen LogP contribution in [0, 0.1) is 20.8 Å². The van der Waals surface area contributed by atoms with Crippen LogP contribution < -0.4 is 0 Å². The van der Waals surface area contributed by atoms with Crippen molar-refractivity contribution in [2.24, 2.45) is 9.98 Å². The first-order valence-electron chi connectivity index (χ1n) is 9.41. The second-order valence-corrected chi connectivity index (χ2v) is 7.98. The Bertz CT molecular complexity index is 960. The number of thiophene rings is 1. The molecular weight excluding hydrogens is 348 g/mol. The lowest BCUT2D eigenvalue weighted by Gasteiger charge is -2.06. The number of nitrogens with zero attached hydrogens (tertiary/aromatic N) is 2. The number of aliphatic imine (C=N–C) groups is 2. The number of benzene rings is 2. The van der Waals surface area contributed by atoms with E-state index in [2.05, 4.69) is 76.2 Å². The summed E-state index contributed by atoms with van der Waals surface area (Å²) in [7, 11) is 0. The lowest BCUT2D eigenvalue weighted by atomic mass is 10.0. The molecule has 27 heavy (non-hydrogen) atoms. The van der Waals surface area contributed by atoms with E-state index < -0.39 is 0 Å². The monoisotopic (exact) mass is 374 g/mol. The number of rotatable bonds is 6. The summed E-state index contributed by atoms with van der Waals surface area (Å²) < 4.78 is 0. The van der Waals surface area contributed by atoms with Crippen molar-refractivity contribution in [2.45, 2.75) is 40.5 Å². The van der Waals surface area contributed by atoms with Gasteiger partial charge < -0.3 is 0 Å². The molecule has 0 aliphatic rings. The molecule has 0 saturated heterocycles. The molecule has 0 radical (unpaired) electrons. The van der Waals surface area contributed by atoms with Crippen LogP contribution in [0.2, 0.25) is 0 Å². The smallest absolute Gasteiger partial charge is 0.0691 e. The second kappa shape index (κ2) is 8.92. The third kappa shape index (κ3) is 4.81. The summed E-state index contributed by atoms with van der Waals surface area (Å²) in [5.41, 5.74) is 7.12. The lowest BCUT2D eigenvalue weighted by molar-refractivity contribution is 0.920. The van der Waals surface area contributed by atoms with E-state index in [1.807, 2.05) is 12.4 Å². The van der Waals surface area contributed by atoms with Gasteiger partial charge in [-0.2, -0.15) is 0 Å². The molecular formula is C24H26N2S. The number of hydrogen-bond acceptors (Lipinski definition) is 3. The van der Waals surface area contributed by atoms with Gasteiger partial charge in [-0.05, 0) is 61.6 Å². The highest BCUT2D eigenvalue weighted by atomic mass is 32.1. The molecule has 1 aromatic heterocycles. The molecule has 138 valence electrons. The van der Waals surface area contributed by atoms with Gasteiger partial charge in [-0.25, -0.2) is 0 Å². The highest BCUT2D eigenvalue weighted by Gasteiger charge is 2.04. The molecule has 0 N–H and O–H groups in total. The molecule has 2 aromatic carbocycles. The van der Waals surface area contributed by atoms with E-state index in [-0.39, 0.29) is 0 Å². The lowest BCUT2D eigenvalue weighted by Crippen LogP contribution is -1.87. The summed E-state index contributed by atoms with van der Waals surface area (Å²) in [4.78, 5) is 11.8. The number of para-hydroxylation sites is 2. The Morgan fingerprint density at radius 1 is 0.741 bits per heavy atom. The van der Waals surface area contributed by atoms with E-state index in [1.165, 1.54) is 22.3 Å². The van der Waals surface area contributed by atoms with E-state index in [0.29, 0.717) is 0 Å². The van der Waals surface area contributed by atoms with Crippen molar-refractivity contribution in [3.63, 3.8) is 0 Å². The average Bonchev–Trinajstić information content (AvgIpc) is 3.09. The van der Waals surface area contributed by atoms with Crippen LogP contribution in [0.5, 0.6) is 0 Å². The molecule has 3 heteroatoms. The maximum Gasteiger partial charge on any atom is 0.0691 e. The van der Waals surface area contributed by atoms with Gasteiger partial charge in [0.15, 0.2) is 0 Å². The first kappa shape index (κ1) is 19.2. The molecule has 0 aliphatic heterocycles. The summed E-state index contributed by atoms with van der Waals surface area (Å²) >= 11 is 1.71. The van der Waals surface area contributed by atoms with Gasteiger partial charge in [-0.15, -0.1) is 11.3 Å². The van der Waals surface area contributed by atoms with Crippen LogP contribution in [-0.4, -0.2) is 12.4 Å². The van der Waals surface area contributed by atoms with Gasteiger partial charge in [0.2, 0.25) is 0 Å². The minimum absolute atomic E-state index is 1.06. The van der Waals surface area contributed by atoms with Crippen molar-refractivity contribution in [1.82, 2.24) is 0 Å². The predicted molar refractivity (Wildman–Crippen MR) is 120 cm³/mol. The minimum Gasteiger partial charge on any atom is -0.255 e. The SMILES string of the molecule is CCCc1cccc(C)c1N=Cc1ccc(C=Nc2c(C)cccc2C)s1. The third-order valence-corrected chi connectivity index (χ3v) is 5.52. The fraction of sp³-hybridized carbons (Fsp3) is 0.250. The second-order valence-electron chi connectivity index (χ2n) is 6.83. The Morgan fingerprint density at radius 3 is 1.85 bits per heavy atom. The van der Waals surface area contributed by atoms with Crippen LogP contribution >= 0.6 is 11.3 Å².